The van der Waals surface area contributed by atoms with E-state index in [4.69, 9.17) is 5.73 Å². The average Bonchev–Trinajstić information content (AvgIpc) is 2.39. The Kier molecular flexibility index (Phi) is 6.53. The molecule has 1 unspecified atom stereocenters. The molecule has 0 amide bonds. The van der Waals surface area contributed by atoms with E-state index in [0.717, 1.165) is 25.7 Å². The molecule has 19 heavy (non-hydrogen) atoms. The fourth-order valence-electron chi connectivity index (χ4n) is 2.81. The smallest absolute Gasteiger partial charge is 0.281 e. The van der Waals surface area contributed by atoms with Crippen LogP contribution in [0.5, 0.6) is 0 Å². The van der Waals surface area contributed by atoms with Crippen molar-refractivity contribution in [2.24, 2.45) is 17.6 Å². The molecular formula is C12H26ClN3O2S. The maximum Gasteiger partial charge on any atom is 0.281 e. The molecule has 0 spiro atoms. The Morgan fingerprint density at radius 2 is 1.74 bits per heavy atom. The molecular weight excluding hydrogens is 286 g/mol. The molecule has 2 saturated heterocycles. The second-order valence-corrected chi connectivity index (χ2v) is 7.62. The van der Waals surface area contributed by atoms with Gasteiger partial charge in [-0.05, 0) is 44.1 Å². The zero-order chi connectivity index (χ0) is 13.2. The Morgan fingerprint density at radius 3 is 2.32 bits per heavy atom. The van der Waals surface area contributed by atoms with Crippen LogP contribution in [0.15, 0.2) is 0 Å². The first-order chi connectivity index (χ1) is 8.54. The van der Waals surface area contributed by atoms with Gasteiger partial charge in [-0.3, -0.25) is 0 Å². The Morgan fingerprint density at radius 1 is 1.11 bits per heavy atom. The van der Waals surface area contributed by atoms with Crippen molar-refractivity contribution >= 4 is 22.6 Å². The highest BCUT2D eigenvalue weighted by atomic mass is 35.5. The first kappa shape index (κ1) is 17.2. The first-order valence-electron chi connectivity index (χ1n) is 6.99. The highest BCUT2D eigenvalue weighted by Crippen LogP contribution is 2.24. The zero-order valence-corrected chi connectivity index (χ0v) is 13.3. The maximum atomic E-state index is 12.5. The van der Waals surface area contributed by atoms with Crippen LogP contribution in [0.3, 0.4) is 0 Å². The van der Waals surface area contributed by atoms with Gasteiger partial charge < -0.3 is 5.73 Å². The van der Waals surface area contributed by atoms with Gasteiger partial charge in [0.2, 0.25) is 0 Å². The Hall–Kier alpha value is 0.120. The number of piperidine rings is 2. The van der Waals surface area contributed by atoms with Crippen molar-refractivity contribution in [2.45, 2.75) is 32.6 Å². The van der Waals surface area contributed by atoms with E-state index >= 15 is 0 Å². The summed E-state index contributed by atoms with van der Waals surface area (Å²) in [5, 5.41) is 0. The fraction of sp³-hybridized carbons (Fsp3) is 1.00. The van der Waals surface area contributed by atoms with Gasteiger partial charge in [0.15, 0.2) is 0 Å². The van der Waals surface area contributed by atoms with Crippen molar-refractivity contribution in [1.29, 1.82) is 0 Å². The highest BCUT2D eigenvalue weighted by Gasteiger charge is 2.34. The lowest BCUT2D eigenvalue weighted by Gasteiger charge is -2.37. The minimum absolute atomic E-state index is 0. The largest absolute Gasteiger partial charge is 0.330 e. The number of halogens is 1. The Labute approximate surface area is 123 Å². The number of nitrogens with two attached hydrogens (primary N) is 1. The van der Waals surface area contributed by atoms with Gasteiger partial charge in [-0.15, -0.1) is 12.4 Å². The molecule has 0 aromatic carbocycles. The van der Waals surface area contributed by atoms with E-state index in [1.807, 2.05) is 0 Å². The molecule has 0 aliphatic carbocycles. The normalized spacial score (nSPS) is 28.0. The minimum Gasteiger partial charge on any atom is -0.330 e. The summed E-state index contributed by atoms with van der Waals surface area (Å²) in [7, 11) is -3.24. The van der Waals surface area contributed by atoms with Crippen molar-refractivity contribution < 1.29 is 8.42 Å². The Bertz CT molecular complexity index is 369. The van der Waals surface area contributed by atoms with E-state index in [1.54, 1.807) is 8.61 Å². The van der Waals surface area contributed by atoms with Crippen LogP contribution in [-0.2, 0) is 10.2 Å². The first-order valence-corrected chi connectivity index (χ1v) is 8.39. The van der Waals surface area contributed by atoms with Crippen LogP contribution < -0.4 is 5.73 Å². The summed E-state index contributed by atoms with van der Waals surface area (Å²) in [5.74, 6) is 0.979. The molecule has 0 aromatic rings. The number of rotatable bonds is 3. The third-order valence-electron chi connectivity index (χ3n) is 4.21. The molecule has 2 aliphatic heterocycles. The van der Waals surface area contributed by atoms with Crippen LogP contribution in [0.1, 0.15) is 32.6 Å². The second kappa shape index (κ2) is 7.22. The van der Waals surface area contributed by atoms with Crippen molar-refractivity contribution in [3.8, 4) is 0 Å². The standard InChI is InChI=1S/C12H25N3O2S.ClH/c1-11-4-7-14(8-5-11)18(16,17)15-6-2-3-12(9-13)10-15;/h11-12H,2-10,13H2,1H3;1H. The van der Waals surface area contributed by atoms with Crippen LogP contribution in [0.25, 0.3) is 0 Å². The SMILES string of the molecule is CC1CCN(S(=O)(=O)N2CCCC(CN)C2)CC1.Cl. The molecule has 7 heteroatoms. The number of nitrogens with zero attached hydrogens (tertiary/aromatic N) is 2. The summed E-state index contributed by atoms with van der Waals surface area (Å²) >= 11 is 0. The van der Waals surface area contributed by atoms with Gasteiger partial charge in [0.05, 0.1) is 0 Å². The molecule has 2 rings (SSSR count). The number of hydrogen-bond donors (Lipinski definition) is 1. The van der Waals surface area contributed by atoms with Crippen molar-refractivity contribution in [3.63, 3.8) is 0 Å². The molecule has 0 radical (unpaired) electrons. The van der Waals surface area contributed by atoms with Gasteiger partial charge in [-0.2, -0.15) is 17.0 Å². The lowest BCUT2D eigenvalue weighted by atomic mass is 10.0. The molecule has 2 heterocycles. The van der Waals surface area contributed by atoms with Crippen molar-refractivity contribution in [3.05, 3.63) is 0 Å². The van der Waals surface area contributed by atoms with Gasteiger partial charge in [0.25, 0.3) is 10.2 Å². The van der Waals surface area contributed by atoms with E-state index < -0.39 is 10.2 Å². The third kappa shape index (κ3) is 4.04. The summed E-state index contributed by atoms with van der Waals surface area (Å²) in [5.41, 5.74) is 5.67. The lowest BCUT2D eigenvalue weighted by molar-refractivity contribution is 0.228. The van der Waals surface area contributed by atoms with Gasteiger partial charge in [0.1, 0.15) is 0 Å². The van der Waals surface area contributed by atoms with Crippen molar-refractivity contribution in [1.82, 2.24) is 8.61 Å². The minimum atomic E-state index is -3.24. The van der Waals surface area contributed by atoms with Gasteiger partial charge in [-0.1, -0.05) is 6.92 Å². The summed E-state index contributed by atoms with van der Waals surface area (Å²) < 4.78 is 28.3. The van der Waals surface area contributed by atoms with Crippen molar-refractivity contribution in [2.75, 3.05) is 32.7 Å². The second-order valence-electron chi connectivity index (χ2n) is 5.69. The fourth-order valence-corrected chi connectivity index (χ4v) is 4.57. The van der Waals surface area contributed by atoms with Crippen LogP contribution in [-0.4, -0.2) is 49.8 Å². The molecule has 0 saturated carbocycles. The quantitative estimate of drug-likeness (QED) is 0.847. The van der Waals surface area contributed by atoms with E-state index in [0.29, 0.717) is 44.6 Å². The Balaban J connectivity index is 0.00000180. The molecule has 2 aliphatic rings. The van der Waals surface area contributed by atoms with Crippen LogP contribution in [0, 0.1) is 11.8 Å². The molecule has 2 fully saturated rings. The summed E-state index contributed by atoms with van der Waals surface area (Å²) in [6.07, 6.45) is 3.95. The van der Waals surface area contributed by atoms with Gasteiger partial charge in [0, 0.05) is 26.2 Å². The monoisotopic (exact) mass is 311 g/mol. The topological polar surface area (TPSA) is 66.6 Å². The summed E-state index contributed by atoms with van der Waals surface area (Å²) in [6, 6.07) is 0. The predicted octanol–water partition coefficient (Wildman–Crippen LogP) is 1.06. The molecule has 5 nitrogen and oxygen atoms in total. The van der Waals surface area contributed by atoms with E-state index in [2.05, 4.69) is 6.92 Å². The molecule has 0 bridgehead atoms. The predicted molar refractivity (Wildman–Crippen MR) is 79.5 cm³/mol. The molecule has 114 valence electrons. The van der Waals surface area contributed by atoms with Crippen LogP contribution in [0.4, 0.5) is 0 Å². The third-order valence-corrected chi connectivity index (χ3v) is 6.21. The van der Waals surface area contributed by atoms with E-state index in [9.17, 15) is 8.42 Å². The van der Waals surface area contributed by atoms with Crippen LogP contribution >= 0.6 is 12.4 Å². The average molecular weight is 312 g/mol. The lowest BCUT2D eigenvalue weighted by Crippen LogP contribution is -2.50. The summed E-state index contributed by atoms with van der Waals surface area (Å²) in [6.45, 7) is 5.38. The van der Waals surface area contributed by atoms with Gasteiger partial charge >= 0.3 is 0 Å². The molecule has 1 atom stereocenters. The zero-order valence-electron chi connectivity index (χ0n) is 11.6. The van der Waals surface area contributed by atoms with Crippen LogP contribution in [0.2, 0.25) is 0 Å². The number of hydrogen-bond acceptors (Lipinski definition) is 3. The van der Waals surface area contributed by atoms with E-state index in [1.165, 1.54) is 0 Å². The van der Waals surface area contributed by atoms with E-state index in [-0.39, 0.29) is 12.4 Å². The maximum absolute atomic E-state index is 12.5. The molecule has 2 N–H and O–H groups in total. The van der Waals surface area contributed by atoms with Gasteiger partial charge in [-0.25, -0.2) is 0 Å². The molecule has 0 aromatic heterocycles. The summed E-state index contributed by atoms with van der Waals surface area (Å²) in [4.78, 5) is 0. The highest BCUT2D eigenvalue weighted by molar-refractivity contribution is 7.86.